The van der Waals surface area contributed by atoms with Gasteiger partial charge in [-0.25, -0.2) is 49.7 Å². The van der Waals surface area contributed by atoms with Crippen molar-refractivity contribution in [3.8, 4) is 204 Å². The lowest BCUT2D eigenvalue weighted by molar-refractivity contribution is 0.660. The summed E-state index contributed by atoms with van der Waals surface area (Å²) in [7, 11) is 0. The summed E-state index contributed by atoms with van der Waals surface area (Å²) in [6, 6.07) is 146. The van der Waals surface area contributed by atoms with Crippen molar-refractivity contribution < 1.29 is 0 Å². The molecule has 0 N–H and O–H groups in total. The van der Waals surface area contributed by atoms with Crippen LogP contribution in [-0.4, -0.2) is 44.9 Å². The van der Waals surface area contributed by atoms with Crippen molar-refractivity contribution in [2.75, 3.05) is 0 Å². The Morgan fingerprint density at radius 1 is 0.193 bits per heavy atom. The van der Waals surface area contributed by atoms with Crippen LogP contribution in [0.3, 0.4) is 0 Å². The van der Waals surface area contributed by atoms with Crippen LogP contribution in [-0.2, 0) is 16.2 Å². The number of benzene rings is 17. The molecule has 3 aromatic heterocycles. The molecule has 0 saturated heterocycles. The minimum Gasteiger partial charge on any atom is -0.238 e. The average molecular weight is 1730 g/mol. The zero-order chi connectivity index (χ0) is 91.9. The maximum Gasteiger partial charge on any atom is 0.187 e. The molecule has 0 spiro atoms. The largest absolute Gasteiger partial charge is 0.238 e. The van der Waals surface area contributed by atoms with Gasteiger partial charge in [0.2, 0.25) is 0 Å². The first-order valence-electron chi connectivity index (χ1n) is 45.2. The predicted molar refractivity (Wildman–Crippen MR) is 544 cm³/mol. The lowest BCUT2D eigenvalue weighted by Gasteiger charge is -2.22. The van der Waals surface area contributed by atoms with Crippen molar-refractivity contribution in [1.82, 2.24) is 44.9 Å². The van der Waals surface area contributed by atoms with Crippen molar-refractivity contribution in [3.05, 3.63) is 468 Å². The van der Waals surface area contributed by atoms with Gasteiger partial charge in [-0.05, 0) is 177 Å². The highest BCUT2D eigenvalue weighted by atomic mass is 15.1. The van der Waals surface area contributed by atoms with Gasteiger partial charge in [-0.1, -0.05) is 399 Å². The number of nitriles is 2. The van der Waals surface area contributed by atoms with Crippen LogP contribution in [0.4, 0.5) is 5.69 Å². The molecule has 17 aromatic carbocycles. The highest BCUT2D eigenvalue weighted by molar-refractivity contribution is 5.95. The summed E-state index contributed by atoms with van der Waals surface area (Å²) >= 11 is 0. The van der Waals surface area contributed by atoms with Gasteiger partial charge in [0.05, 0.1) is 29.8 Å². The molecule has 0 radical (unpaired) electrons. The van der Waals surface area contributed by atoms with Gasteiger partial charge in [0.1, 0.15) is 0 Å². The van der Waals surface area contributed by atoms with Crippen molar-refractivity contribution in [2.24, 2.45) is 0 Å². The number of aromatic nitrogens is 9. The van der Waals surface area contributed by atoms with E-state index < -0.39 is 0 Å². The second-order valence-corrected chi connectivity index (χ2v) is 35.7. The van der Waals surface area contributed by atoms with E-state index >= 15 is 0 Å². The second kappa shape index (κ2) is 35.3. The first kappa shape index (κ1) is 84.1. The molecule has 0 fully saturated rings. The van der Waals surface area contributed by atoms with Crippen LogP contribution in [0.2, 0.25) is 0 Å². The van der Waals surface area contributed by atoms with Crippen molar-refractivity contribution in [1.29, 1.82) is 10.5 Å². The summed E-state index contributed by atoms with van der Waals surface area (Å²) in [4.78, 5) is 48.2. The lowest BCUT2D eigenvalue weighted by Crippen LogP contribution is -2.15. The van der Waals surface area contributed by atoms with E-state index in [0.29, 0.717) is 69.2 Å². The predicted octanol–water partition coefficient (Wildman–Crippen LogP) is 30.2. The highest BCUT2D eigenvalue weighted by Gasteiger charge is 2.40. The first-order valence-corrected chi connectivity index (χ1v) is 45.2. The Labute approximate surface area is 785 Å². The second-order valence-electron chi connectivity index (χ2n) is 35.7. The minimum absolute atomic E-state index is 0.157. The van der Waals surface area contributed by atoms with Crippen molar-refractivity contribution >= 4 is 5.69 Å². The van der Waals surface area contributed by atoms with Gasteiger partial charge >= 0.3 is 0 Å². The van der Waals surface area contributed by atoms with E-state index in [0.717, 1.165) is 106 Å². The van der Waals surface area contributed by atoms with Crippen LogP contribution < -0.4 is 0 Å². The molecule has 12 nitrogen and oxygen atoms in total. The average Bonchev–Trinajstić information content (AvgIpc) is 1.61. The molecule has 23 rings (SSSR count). The van der Waals surface area contributed by atoms with Crippen LogP contribution in [0.25, 0.3) is 196 Å². The summed E-state index contributed by atoms with van der Waals surface area (Å²) in [5, 5.41) is 19.0. The molecular weight excluding hydrogens is 1650 g/mol. The maximum absolute atomic E-state index is 9.51. The van der Waals surface area contributed by atoms with Crippen molar-refractivity contribution in [3.63, 3.8) is 0 Å². The smallest absolute Gasteiger partial charge is 0.187 e. The molecule has 0 bridgehead atoms. The molecule has 3 aliphatic carbocycles. The number of nitrogens with zero attached hydrogens (tertiary/aromatic N) is 12. The molecule has 3 aliphatic rings. The standard InChI is InChI=1S/2C43H30N4.C37H26N4/c1-43(2)37-19-11-18-35(39(37)36-25-24-34(44-3)27-38(36)43)32-16-10-17-33(26-32)42-46-40(30-14-8-5-9-15-30)45-41(47-42)31-22-20-29(21-23-31)28-12-6-4-7-13-28;1-43(2)38-23-16-28(27-44)24-37(38)36-22-21-34(26-39(36)43)33-14-9-15-35(25-33)42-46-40(31-12-7-4-8-13-31)45-41(47-42)32-19-17-30(18-20-32)29-10-5-3-6-11-29;1-37(2)32-19-16-24(23-38)20-31(32)30-18-17-28(22-33(30)37)27-14-9-15-29(21-27)36-40-34(25-10-5-3-6-11-25)39-35(41-36)26-12-7-4-8-13-26/h4-27H,1-2H3;3-26H,1-2H3;3-22H,1-2H3. The van der Waals surface area contributed by atoms with E-state index in [9.17, 15) is 10.5 Å². The molecule has 0 saturated carbocycles. The Hall–Kier alpha value is -17.8. The molecule has 20 aromatic rings. The lowest BCUT2D eigenvalue weighted by atomic mass is 9.81. The molecular formula is C123H86N12. The van der Waals surface area contributed by atoms with Gasteiger partial charge in [-0.2, -0.15) is 10.5 Å². The minimum atomic E-state index is -0.206. The zero-order valence-electron chi connectivity index (χ0n) is 75.1. The van der Waals surface area contributed by atoms with Gasteiger partial charge in [0.15, 0.2) is 58.1 Å². The van der Waals surface area contributed by atoms with E-state index in [1.165, 1.54) is 66.8 Å². The maximum atomic E-state index is 9.51. The molecule has 638 valence electrons. The highest BCUT2D eigenvalue weighted by Crippen LogP contribution is 2.55. The molecule has 12 heteroatoms. The van der Waals surface area contributed by atoms with Crippen LogP contribution in [0.5, 0.6) is 0 Å². The normalized spacial score (nSPS) is 12.7. The fourth-order valence-electron chi connectivity index (χ4n) is 19.1. The molecule has 3 heterocycles. The Morgan fingerprint density at radius 2 is 0.452 bits per heavy atom. The molecule has 135 heavy (non-hydrogen) atoms. The summed E-state index contributed by atoms with van der Waals surface area (Å²) in [5.74, 6) is 5.71. The number of fused-ring (bicyclic) bond motifs is 9. The third kappa shape index (κ3) is 16.3. The van der Waals surface area contributed by atoms with E-state index in [-0.39, 0.29) is 16.2 Å². The fourth-order valence-corrected chi connectivity index (χ4v) is 19.1. The molecule has 0 atom stereocenters. The molecule has 0 amide bonds. The third-order valence-electron chi connectivity index (χ3n) is 26.3. The van der Waals surface area contributed by atoms with Crippen LogP contribution in [0.1, 0.15) is 86.1 Å². The monoisotopic (exact) mass is 1730 g/mol. The van der Waals surface area contributed by atoms with Gasteiger partial charge in [0, 0.05) is 66.3 Å². The molecule has 0 aliphatic heterocycles. The Kier molecular flexibility index (Phi) is 22.0. The Bertz CT molecular complexity index is 8060. The Morgan fingerprint density at radius 3 is 0.807 bits per heavy atom. The van der Waals surface area contributed by atoms with Crippen LogP contribution in [0.15, 0.2) is 413 Å². The van der Waals surface area contributed by atoms with E-state index in [1.807, 2.05) is 170 Å². The topological polar surface area (TPSA) is 168 Å². The van der Waals surface area contributed by atoms with Gasteiger partial charge in [-0.15, -0.1) is 0 Å². The van der Waals surface area contributed by atoms with Gasteiger partial charge < -0.3 is 0 Å². The van der Waals surface area contributed by atoms with E-state index in [1.54, 1.807) is 0 Å². The van der Waals surface area contributed by atoms with E-state index in [2.05, 4.69) is 301 Å². The first-order chi connectivity index (χ1) is 66.0. The van der Waals surface area contributed by atoms with Gasteiger partial charge in [0.25, 0.3) is 0 Å². The number of hydrogen-bond acceptors (Lipinski definition) is 11. The summed E-state index contributed by atoms with van der Waals surface area (Å²) in [6.07, 6.45) is 0. The fraction of sp³-hybridized carbons (Fsp3) is 0.0732. The van der Waals surface area contributed by atoms with Crippen LogP contribution >= 0.6 is 0 Å². The molecule has 0 unspecified atom stereocenters. The summed E-state index contributed by atoms with van der Waals surface area (Å²) in [5.41, 5.74) is 35.8. The number of hydrogen-bond donors (Lipinski definition) is 0. The van der Waals surface area contributed by atoms with E-state index in [4.69, 9.17) is 51.4 Å². The quantitative estimate of drug-likeness (QED) is 0.0950. The number of rotatable bonds is 14. The SMILES string of the molecule is CC1(C)c2ccc(C#N)cc2-c2ccc(-c3cccc(-c4nc(-c5ccccc5)nc(-c5ccc(-c6ccccc6)cc5)n4)c3)cc21.CC1(C)c2ccc(C#N)cc2-c2ccc(-c3cccc(-c4nc(-c5ccccc5)nc(-c5ccccc5)n4)c3)cc21.[C-]#[N+]c1ccc2c(c1)C(C)(C)c1cccc(-c3cccc(-c4nc(-c5ccccc5)nc(-c5ccc(-c6ccccc6)cc5)n4)c3)c1-2. The van der Waals surface area contributed by atoms with Crippen LogP contribution in [0, 0.1) is 29.2 Å². The summed E-state index contributed by atoms with van der Waals surface area (Å²) in [6.45, 7) is 21.1. The van der Waals surface area contributed by atoms with Crippen molar-refractivity contribution in [2.45, 2.75) is 57.8 Å². The third-order valence-corrected chi connectivity index (χ3v) is 26.3. The van der Waals surface area contributed by atoms with Gasteiger partial charge in [-0.3, -0.25) is 0 Å². The Balaban J connectivity index is 0.000000122. The zero-order valence-corrected chi connectivity index (χ0v) is 75.1. The summed E-state index contributed by atoms with van der Waals surface area (Å²) < 4.78 is 0.